The monoisotopic (exact) mass is 291 g/mol. The predicted molar refractivity (Wildman–Crippen MR) is 92.8 cm³/mol. The number of aromatic nitrogens is 1. The van der Waals surface area contributed by atoms with Crippen molar-refractivity contribution in [3.63, 3.8) is 0 Å². The van der Waals surface area contributed by atoms with Gasteiger partial charge in [-0.1, -0.05) is 26.3 Å². The molecule has 1 unspecified atom stereocenters. The number of rotatable bonds is 8. The molecule has 1 aromatic rings. The Balaban J connectivity index is 2.96. The summed E-state index contributed by atoms with van der Waals surface area (Å²) < 4.78 is 0. The quantitative estimate of drug-likeness (QED) is 0.770. The molecule has 0 aliphatic rings. The van der Waals surface area contributed by atoms with E-state index in [9.17, 15) is 0 Å². The second kappa shape index (κ2) is 8.38. The standard InChI is InChI=1S/C18H33N3/c1-7-9-13-21(15(3)8-2)17-16(11-10-12-19-17)14-20-18(4,5)6/h10-12,15,20H,7-9,13-14H2,1-6H3. The lowest BCUT2D eigenvalue weighted by molar-refractivity contribution is 0.423. The van der Waals surface area contributed by atoms with E-state index in [0.717, 1.165) is 25.3 Å². The molecule has 1 heterocycles. The first-order chi connectivity index (χ1) is 9.89. The van der Waals surface area contributed by atoms with Crippen LogP contribution in [0, 0.1) is 0 Å². The molecule has 0 bridgehead atoms. The number of hydrogen-bond acceptors (Lipinski definition) is 3. The number of nitrogens with zero attached hydrogens (tertiary/aromatic N) is 2. The topological polar surface area (TPSA) is 28.2 Å². The van der Waals surface area contributed by atoms with Gasteiger partial charge >= 0.3 is 0 Å². The van der Waals surface area contributed by atoms with Gasteiger partial charge in [0, 0.05) is 36.4 Å². The summed E-state index contributed by atoms with van der Waals surface area (Å²) in [6.07, 6.45) is 5.49. The average Bonchev–Trinajstić information content (AvgIpc) is 2.45. The Labute approximate surface area is 131 Å². The average molecular weight is 291 g/mol. The number of hydrogen-bond donors (Lipinski definition) is 1. The lowest BCUT2D eigenvalue weighted by atomic mass is 10.1. The molecule has 21 heavy (non-hydrogen) atoms. The molecule has 0 spiro atoms. The zero-order chi connectivity index (χ0) is 15.9. The highest BCUT2D eigenvalue weighted by Crippen LogP contribution is 2.22. The fourth-order valence-corrected chi connectivity index (χ4v) is 2.27. The van der Waals surface area contributed by atoms with E-state index in [1.807, 2.05) is 12.3 Å². The molecule has 0 amide bonds. The van der Waals surface area contributed by atoms with Gasteiger partial charge in [-0.05, 0) is 46.6 Å². The number of anilines is 1. The molecule has 1 atom stereocenters. The minimum Gasteiger partial charge on any atom is -0.354 e. The summed E-state index contributed by atoms with van der Waals surface area (Å²) in [6.45, 7) is 15.3. The van der Waals surface area contributed by atoms with E-state index >= 15 is 0 Å². The molecule has 0 fully saturated rings. The van der Waals surface area contributed by atoms with E-state index in [-0.39, 0.29) is 5.54 Å². The highest BCUT2D eigenvalue weighted by atomic mass is 15.2. The third-order valence-electron chi connectivity index (χ3n) is 3.82. The van der Waals surface area contributed by atoms with E-state index in [1.54, 1.807) is 0 Å². The molecule has 3 heteroatoms. The van der Waals surface area contributed by atoms with Crippen LogP contribution in [0.2, 0.25) is 0 Å². The molecule has 0 aliphatic heterocycles. The van der Waals surface area contributed by atoms with Crippen molar-refractivity contribution in [3.05, 3.63) is 23.9 Å². The third-order valence-corrected chi connectivity index (χ3v) is 3.82. The number of unbranched alkanes of at least 4 members (excludes halogenated alkanes) is 1. The van der Waals surface area contributed by atoms with E-state index in [2.05, 4.69) is 62.8 Å². The first kappa shape index (κ1) is 18.0. The molecule has 0 aliphatic carbocycles. The van der Waals surface area contributed by atoms with Gasteiger partial charge in [0.15, 0.2) is 0 Å². The SMILES string of the molecule is CCCCN(c1ncccc1CNC(C)(C)C)C(C)CC. The van der Waals surface area contributed by atoms with Crippen LogP contribution in [0.1, 0.15) is 66.4 Å². The Morgan fingerprint density at radius 2 is 2.00 bits per heavy atom. The van der Waals surface area contributed by atoms with Crippen molar-refractivity contribution >= 4 is 5.82 Å². The Morgan fingerprint density at radius 3 is 2.57 bits per heavy atom. The van der Waals surface area contributed by atoms with Gasteiger partial charge in [-0.3, -0.25) is 0 Å². The highest BCUT2D eigenvalue weighted by molar-refractivity contribution is 5.47. The van der Waals surface area contributed by atoms with Crippen molar-refractivity contribution < 1.29 is 0 Å². The van der Waals surface area contributed by atoms with Gasteiger partial charge in [0.2, 0.25) is 0 Å². The van der Waals surface area contributed by atoms with E-state index < -0.39 is 0 Å². The van der Waals surface area contributed by atoms with Gasteiger partial charge in [0.05, 0.1) is 0 Å². The molecule has 3 nitrogen and oxygen atoms in total. The fourth-order valence-electron chi connectivity index (χ4n) is 2.27. The maximum absolute atomic E-state index is 4.69. The second-order valence-electron chi connectivity index (χ2n) is 6.89. The van der Waals surface area contributed by atoms with Crippen LogP contribution in [0.4, 0.5) is 5.82 Å². The molecular weight excluding hydrogens is 258 g/mol. The zero-order valence-corrected chi connectivity index (χ0v) is 14.7. The van der Waals surface area contributed by atoms with Gasteiger partial charge < -0.3 is 10.2 Å². The van der Waals surface area contributed by atoms with Crippen molar-refractivity contribution in [2.24, 2.45) is 0 Å². The second-order valence-corrected chi connectivity index (χ2v) is 6.89. The molecule has 1 N–H and O–H groups in total. The van der Waals surface area contributed by atoms with Gasteiger partial charge in [0.1, 0.15) is 5.82 Å². The first-order valence-electron chi connectivity index (χ1n) is 8.34. The maximum atomic E-state index is 4.69. The van der Waals surface area contributed by atoms with Crippen molar-refractivity contribution in [2.75, 3.05) is 11.4 Å². The van der Waals surface area contributed by atoms with Crippen molar-refractivity contribution in [1.29, 1.82) is 0 Å². The van der Waals surface area contributed by atoms with Crippen molar-refractivity contribution in [1.82, 2.24) is 10.3 Å². The van der Waals surface area contributed by atoms with Gasteiger partial charge in [0.25, 0.3) is 0 Å². The van der Waals surface area contributed by atoms with Crippen LogP contribution < -0.4 is 10.2 Å². The minimum absolute atomic E-state index is 0.123. The summed E-state index contributed by atoms with van der Waals surface area (Å²) in [5.74, 6) is 1.15. The molecular formula is C18H33N3. The first-order valence-corrected chi connectivity index (χ1v) is 8.34. The summed E-state index contributed by atoms with van der Waals surface area (Å²) in [7, 11) is 0. The molecule has 0 radical (unpaired) electrons. The summed E-state index contributed by atoms with van der Waals surface area (Å²) >= 11 is 0. The van der Waals surface area contributed by atoms with Crippen LogP contribution in [0.5, 0.6) is 0 Å². The van der Waals surface area contributed by atoms with Gasteiger partial charge in [-0.25, -0.2) is 4.98 Å². The molecule has 0 aromatic carbocycles. The molecule has 1 rings (SSSR count). The Kier molecular flexibility index (Phi) is 7.16. The highest BCUT2D eigenvalue weighted by Gasteiger charge is 2.18. The molecule has 0 saturated carbocycles. The van der Waals surface area contributed by atoms with E-state index in [1.165, 1.54) is 18.4 Å². The summed E-state index contributed by atoms with van der Waals surface area (Å²) in [4.78, 5) is 7.16. The van der Waals surface area contributed by atoms with Crippen LogP contribution in [0.3, 0.4) is 0 Å². The Bertz CT molecular complexity index is 409. The Morgan fingerprint density at radius 1 is 1.29 bits per heavy atom. The molecule has 1 aromatic heterocycles. The van der Waals surface area contributed by atoms with Gasteiger partial charge in [-0.2, -0.15) is 0 Å². The number of pyridine rings is 1. The summed E-state index contributed by atoms with van der Waals surface area (Å²) in [6, 6.07) is 4.76. The normalized spacial score (nSPS) is 13.2. The van der Waals surface area contributed by atoms with Crippen molar-refractivity contribution in [3.8, 4) is 0 Å². The summed E-state index contributed by atoms with van der Waals surface area (Å²) in [5, 5.41) is 3.58. The molecule has 120 valence electrons. The number of nitrogens with one attached hydrogen (secondary N) is 1. The van der Waals surface area contributed by atoms with Crippen LogP contribution in [-0.2, 0) is 6.54 Å². The Hall–Kier alpha value is -1.09. The van der Waals surface area contributed by atoms with Crippen LogP contribution >= 0.6 is 0 Å². The predicted octanol–water partition coefficient (Wildman–Crippen LogP) is 4.37. The van der Waals surface area contributed by atoms with Crippen molar-refractivity contribution in [2.45, 2.75) is 78.9 Å². The van der Waals surface area contributed by atoms with E-state index in [0.29, 0.717) is 6.04 Å². The van der Waals surface area contributed by atoms with Crippen LogP contribution in [0.15, 0.2) is 18.3 Å². The fraction of sp³-hybridized carbons (Fsp3) is 0.722. The van der Waals surface area contributed by atoms with Gasteiger partial charge in [-0.15, -0.1) is 0 Å². The lowest BCUT2D eigenvalue weighted by Gasteiger charge is -2.32. The van der Waals surface area contributed by atoms with Crippen LogP contribution in [-0.4, -0.2) is 23.1 Å². The molecule has 0 saturated heterocycles. The van der Waals surface area contributed by atoms with Crippen LogP contribution in [0.25, 0.3) is 0 Å². The van der Waals surface area contributed by atoms with E-state index in [4.69, 9.17) is 0 Å². The minimum atomic E-state index is 0.123. The summed E-state index contributed by atoms with van der Waals surface area (Å²) in [5.41, 5.74) is 1.42. The smallest absolute Gasteiger partial charge is 0.133 e. The zero-order valence-electron chi connectivity index (χ0n) is 14.7. The third kappa shape index (κ3) is 6.04. The largest absolute Gasteiger partial charge is 0.354 e. The lowest BCUT2D eigenvalue weighted by Crippen LogP contribution is -2.38. The maximum Gasteiger partial charge on any atom is 0.133 e.